The Bertz CT molecular complexity index is 586. The number of anilines is 2. The minimum Gasteiger partial charge on any atom is -0.382 e. The highest BCUT2D eigenvalue weighted by molar-refractivity contribution is 7.99. The van der Waals surface area contributed by atoms with Crippen molar-refractivity contribution in [2.45, 2.75) is 17.4 Å². The fourth-order valence-corrected chi connectivity index (χ4v) is 4.80. The minimum absolute atomic E-state index is 0.420. The fraction of sp³-hybridized carbons (Fsp3) is 0.538. The lowest BCUT2D eigenvalue weighted by Gasteiger charge is -2.36. The van der Waals surface area contributed by atoms with E-state index >= 15 is 0 Å². The number of para-hydroxylation sites is 1. The number of benzene rings is 1. The lowest BCUT2D eigenvalue weighted by Crippen LogP contribution is -2.42. The second-order valence-corrected chi connectivity index (χ2v) is 8.19. The predicted molar refractivity (Wildman–Crippen MR) is 81.1 cm³/mol. The van der Waals surface area contributed by atoms with E-state index in [0.717, 1.165) is 42.4 Å². The maximum Gasteiger partial charge on any atom is 0.177 e. The number of fused-ring (bicyclic) bond motifs is 3. The van der Waals surface area contributed by atoms with Crippen molar-refractivity contribution in [3.05, 3.63) is 18.2 Å². The molecule has 0 aromatic heterocycles. The number of nitrogens with zero attached hydrogens (tertiary/aromatic N) is 1. The molecule has 0 aliphatic carbocycles. The zero-order chi connectivity index (χ0) is 13.5. The van der Waals surface area contributed by atoms with Crippen LogP contribution in [0.4, 0.5) is 11.4 Å². The van der Waals surface area contributed by atoms with E-state index in [4.69, 9.17) is 0 Å². The number of nitrogens with one attached hydrogen (secondary N) is 1. The van der Waals surface area contributed by atoms with Crippen LogP contribution in [0.5, 0.6) is 0 Å². The molecule has 1 unspecified atom stereocenters. The minimum atomic E-state index is -3.19. The smallest absolute Gasteiger partial charge is 0.177 e. The molecule has 0 saturated carbocycles. The summed E-state index contributed by atoms with van der Waals surface area (Å²) in [4.78, 5) is 2.80. The summed E-state index contributed by atoms with van der Waals surface area (Å²) in [5.74, 6) is 2.24. The van der Waals surface area contributed by atoms with E-state index in [1.54, 1.807) is 6.07 Å². The lowest BCUT2D eigenvalue weighted by atomic mass is 10.2. The molecule has 0 bridgehead atoms. The third-order valence-corrected chi connectivity index (χ3v) is 5.95. The van der Waals surface area contributed by atoms with Gasteiger partial charge in [-0.3, -0.25) is 0 Å². The summed E-state index contributed by atoms with van der Waals surface area (Å²) in [6, 6.07) is 6.09. The molecule has 3 rings (SSSR count). The van der Waals surface area contributed by atoms with Gasteiger partial charge in [-0.15, -0.1) is 0 Å². The van der Waals surface area contributed by atoms with Crippen molar-refractivity contribution in [2.75, 3.05) is 41.1 Å². The van der Waals surface area contributed by atoms with E-state index in [-0.39, 0.29) is 0 Å². The maximum atomic E-state index is 11.9. The summed E-state index contributed by atoms with van der Waals surface area (Å²) in [6.07, 6.45) is 2.34. The Labute approximate surface area is 118 Å². The highest BCUT2D eigenvalue weighted by atomic mass is 32.2. The maximum absolute atomic E-state index is 11.9. The van der Waals surface area contributed by atoms with Crippen LogP contribution in [0.1, 0.15) is 6.42 Å². The van der Waals surface area contributed by atoms with Crippen LogP contribution in [0.15, 0.2) is 23.1 Å². The fourth-order valence-electron chi connectivity index (χ4n) is 2.82. The molecule has 1 atom stereocenters. The second-order valence-electron chi connectivity index (χ2n) is 5.06. The summed E-state index contributed by atoms with van der Waals surface area (Å²) in [7, 11) is -3.19. The first kappa shape index (κ1) is 13.1. The third kappa shape index (κ3) is 2.43. The Hall–Kier alpha value is -0.880. The zero-order valence-corrected chi connectivity index (χ0v) is 12.6. The van der Waals surface area contributed by atoms with Gasteiger partial charge in [-0.05, 0) is 18.6 Å². The van der Waals surface area contributed by atoms with Crippen LogP contribution >= 0.6 is 11.8 Å². The molecule has 1 saturated heterocycles. The van der Waals surface area contributed by atoms with Crippen molar-refractivity contribution in [3.63, 3.8) is 0 Å². The monoisotopic (exact) mass is 298 g/mol. The van der Waals surface area contributed by atoms with E-state index in [2.05, 4.69) is 10.2 Å². The van der Waals surface area contributed by atoms with E-state index in [9.17, 15) is 8.42 Å². The van der Waals surface area contributed by atoms with Crippen LogP contribution < -0.4 is 10.2 Å². The van der Waals surface area contributed by atoms with Gasteiger partial charge in [-0.1, -0.05) is 6.07 Å². The highest BCUT2D eigenvalue weighted by Gasteiger charge is 2.29. The summed E-state index contributed by atoms with van der Waals surface area (Å²) in [6.45, 7) is 1.83. The first-order valence-electron chi connectivity index (χ1n) is 6.49. The molecule has 6 heteroatoms. The van der Waals surface area contributed by atoms with Crippen molar-refractivity contribution in [1.82, 2.24) is 0 Å². The van der Waals surface area contributed by atoms with Gasteiger partial charge in [0.15, 0.2) is 9.84 Å². The van der Waals surface area contributed by atoms with Gasteiger partial charge < -0.3 is 10.2 Å². The predicted octanol–water partition coefficient (Wildman–Crippen LogP) is 1.83. The van der Waals surface area contributed by atoms with Gasteiger partial charge in [-0.25, -0.2) is 8.42 Å². The van der Waals surface area contributed by atoms with Crippen molar-refractivity contribution >= 4 is 33.0 Å². The Morgan fingerprint density at radius 3 is 3.05 bits per heavy atom. The topological polar surface area (TPSA) is 49.4 Å². The van der Waals surface area contributed by atoms with Gasteiger partial charge in [0.1, 0.15) is 0 Å². The van der Waals surface area contributed by atoms with Crippen LogP contribution in [0.3, 0.4) is 0 Å². The van der Waals surface area contributed by atoms with Crippen LogP contribution in [-0.2, 0) is 9.84 Å². The van der Waals surface area contributed by atoms with Gasteiger partial charge in [0.2, 0.25) is 0 Å². The Morgan fingerprint density at radius 2 is 2.26 bits per heavy atom. The molecule has 4 nitrogen and oxygen atoms in total. The lowest BCUT2D eigenvalue weighted by molar-refractivity contribution is 0.602. The van der Waals surface area contributed by atoms with Gasteiger partial charge in [0, 0.05) is 36.9 Å². The van der Waals surface area contributed by atoms with E-state index in [1.165, 1.54) is 6.26 Å². The quantitative estimate of drug-likeness (QED) is 0.857. The average molecular weight is 298 g/mol. The van der Waals surface area contributed by atoms with Crippen molar-refractivity contribution in [1.29, 1.82) is 0 Å². The third-order valence-electron chi connectivity index (χ3n) is 3.72. The van der Waals surface area contributed by atoms with E-state index in [1.807, 2.05) is 23.9 Å². The molecule has 2 aliphatic heterocycles. The largest absolute Gasteiger partial charge is 0.382 e. The number of thioether (sulfide) groups is 1. The SMILES string of the molecule is CS(=O)(=O)c1cccc2c1NCCC1CSCCN21. The van der Waals surface area contributed by atoms with E-state index < -0.39 is 9.84 Å². The molecular weight excluding hydrogens is 280 g/mol. The molecule has 104 valence electrons. The van der Waals surface area contributed by atoms with Gasteiger partial charge in [0.05, 0.1) is 16.3 Å². The Morgan fingerprint density at radius 1 is 1.42 bits per heavy atom. The highest BCUT2D eigenvalue weighted by Crippen LogP contribution is 2.38. The number of sulfone groups is 1. The molecule has 1 N–H and O–H groups in total. The molecule has 0 radical (unpaired) electrons. The molecule has 0 spiro atoms. The van der Waals surface area contributed by atoms with Crippen LogP contribution in [-0.4, -0.2) is 45.3 Å². The molecule has 1 aromatic rings. The van der Waals surface area contributed by atoms with Crippen molar-refractivity contribution < 1.29 is 8.42 Å². The molecule has 2 aliphatic rings. The van der Waals surface area contributed by atoms with Crippen molar-refractivity contribution in [2.24, 2.45) is 0 Å². The number of hydrogen-bond donors (Lipinski definition) is 1. The average Bonchev–Trinajstić information content (AvgIpc) is 2.56. The first-order chi connectivity index (χ1) is 9.07. The van der Waals surface area contributed by atoms with Gasteiger partial charge >= 0.3 is 0 Å². The van der Waals surface area contributed by atoms with Crippen molar-refractivity contribution in [3.8, 4) is 0 Å². The molecular formula is C13H18N2O2S2. The van der Waals surface area contributed by atoms with Gasteiger partial charge in [0.25, 0.3) is 0 Å². The normalized spacial score (nSPS) is 23.0. The molecule has 1 fully saturated rings. The van der Waals surface area contributed by atoms with Crippen LogP contribution in [0.25, 0.3) is 0 Å². The molecule has 0 amide bonds. The van der Waals surface area contributed by atoms with E-state index in [0.29, 0.717) is 10.9 Å². The van der Waals surface area contributed by atoms with Gasteiger partial charge in [-0.2, -0.15) is 11.8 Å². The zero-order valence-electron chi connectivity index (χ0n) is 10.9. The summed E-state index contributed by atoms with van der Waals surface area (Å²) in [5.41, 5.74) is 1.84. The summed E-state index contributed by atoms with van der Waals surface area (Å²) < 4.78 is 23.8. The Balaban J connectivity index is 2.13. The standard InChI is InChI=1S/C13H18N2O2S2/c1-19(16,17)12-4-2-3-11-13(12)14-6-5-10-9-18-8-7-15(10)11/h2-4,10,14H,5-9H2,1H3. The first-order valence-corrected chi connectivity index (χ1v) is 9.53. The molecule has 1 aromatic carbocycles. The molecule has 2 heterocycles. The summed E-state index contributed by atoms with van der Waals surface area (Å²) in [5, 5.41) is 3.33. The number of hydrogen-bond acceptors (Lipinski definition) is 5. The van der Waals surface area contributed by atoms with Crippen LogP contribution in [0, 0.1) is 0 Å². The second kappa shape index (κ2) is 4.90. The Kier molecular flexibility index (Phi) is 3.39. The number of rotatable bonds is 1. The summed E-state index contributed by atoms with van der Waals surface area (Å²) >= 11 is 1.99. The van der Waals surface area contributed by atoms with Crippen LogP contribution in [0.2, 0.25) is 0 Å². The molecule has 19 heavy (non-hydrogen) atoms.